The second kappa shape index (κ2) is 4.44. The zero-order chi connectivity index (χ0) is 11.6. The summed E-state index contributed by atoms with van der Waals surface area (Å²) in [5.74, 6) is -0.791. The molecule has 2 rings (SSSR count). The van der Waals surface area contributed by atoms with Gasteiger partial charge in [0.2, 0.25) is 0 Å². The van der Waals surface area contributed by atoms with Crippen molar-refractivity contribution in [1.82, 2.24) is 0 Å². The van der Waals surface area contributed by atoms with Crippen LogP contribution in [0.2, 0.25) is 5.02 Å². The molecule has 1 N–H and O–H groups in total. The molecule has 1 aromatic carbocycles. The summed E-state index contributed by atoms with van der Waals surface area (Å²) >= 11 is 5.82. The van der Waals surface area contributed by atoms with Gasteiger partial charge >= 0.3 is 5.97 Å². The summed E-state index contributed by atoms with van der Waals surface area (Å²) in [5, 5.41) is 9.63. The molecule has 1 saturated heterocycles. The number of benzene rings is 1. The number of aliphatic carboxylic acids is 1. The SMILES string of the molecule is O=C(O)CC1(c2ccc(Cl)cc2)CCOC1. The van der Waals surface area contributed by atoms with Gasteiger partial charge in [-0.2, -0.15) is 0 Å². The summed E-state index contributed by atoms with van der Waals surface area (Å²) in [6.45, 7) is 1.09. The summed E-state index contributed by atoms with van der Waals surface area (Å²) in [6, 6.07) is 7.36. The molecule has 3 nitrogen and oxygen atoms in total. The van der Waals surface area contributed by atoms with Crippen LogP contribution < -0.4 is 0 Å². The van der Waals surface area contributed by atoms with Crippen LogP contribution in [0.25, 0.3) is 0 Å². The van der Waals surface area contributed by atoms with E-state index in [-0.39, 0.29) is 11.8 Å². The van der Waals surface area contributed by atoms with E-state index in [1.165, 1.54) is 0 Å². The van der Waals surface area contributed by atoms with E-state index in [1.54, 1.807) is 12.1 Å². The standard InChI is InChI=1S/C12H13ClO3/c13-10-3-1-9(2-4-10)12(7-11(14)15)5-6-16-8-12/h1-4H,5-8H2,(H,14,15). The highest BCUT2D eigenvalue weighted by molar-refractivity contribution is 6.30. The third-order valence-electron chi connectivity index (χ3n) is 3.05. The number of hydrogen-bond acceptors (Lipinski definition) is 2. The van der Waals surface area contributed by atoms with Gasteiger partial charge in [0.25, 0.3) is 0 Å². The second-order valence-corrected chi connectivity index (χ2v) is 4.60. The zero-order valence-corrected chi connectivity index (χ0v) is 9.54. The van der Waals surface area contributed by atoms with E-state index in [2.05, 4.69) is 0 Å². The first-order valence-electron chi connectivity index (χ1n) is 5.18. The van der Waals surface area contributed by atoms with Gasteiger partial charge in [-0.15, -0.1) is 0 Å². The molecule has 1 atom stereocenters. The first-order chi connectivity index (χ1) is 7.62. The van der Waals surface area contributed by atoms with Crippen LogP contribution in [0.3, 0.4) is 0 Å². The van der Waals surface area contributed by atoms with Gasteiger partial charge in [-0.05, 0) is 24.1 Å². The van der Waals surface area contributed by atoms with Crippen molar-refractivity contribution in [2.45, 2.75) is 18.3 Å². The molecule has 0 aromatic heterocycles. The molecule has 0 amide bonds. The van der Waals surface area contributed by atoms with E-state index in [0.717, 1.165) is 12.0 Å². The number of ether oxygens (including phenoxy) is 1. The number of carboxylic acid groups (broad SMARTS) is 1. The Hall–Kier alpha value is -1.06. The molecule has 1 heterocycles. The van der Waals surface area contributed by atoms with Gasteiger partial charge in [-0.1, -0.05) is 23.7 Å². The molecule has 1 fully saturated rings. The largest absolute Gasteiger partial charge is 0.481 e. The van der Waals surface area contributed by atoms with E-state index in [4.69, 9.17) is 21.4 Å². The minimum absolute atomic E-state index is 0.106. The average molecular weight is 241 g/mol. The van der Waals surface area contributed by atoms with Crippen molar-refractivity contribution in [2.75, 3.05) is 13.2 Å². The first kappa shape index (κ1) is 11.4. The molecule has 4 heteroatoms. The van der Waals surface area contributed by atoms with E-state index in [1.807, 2.05) is 12.1 Å². The summed E-state index contributed by atoms with van der Waals surface area (Å²) < 4.78 is 5.35. The van der Waals surface area contributed by atoms with Crippen molar-refractivity contribution in [2.24, 2.45) is 0 Å². The molecule has 0 radical (unpaired) electrons. The molecule has 0 spiro atoms. The maximum atomic E-state index is 10.9. The van der Waals surface area contributed by atoms with Crippen LogP contribution in [0.1, 0.15) is 18.4 Å². The summed E-state index contributed by atoms with van der Waals surface area (Å²) in [5.41, 5.74) is 0.618. The Morgan fingerprint density at radius 1 is 1.44 bits per heavy atom. The third kappa shape index (κ3) is 2.20. The molecule has 0 saturated carbocycles. The van der Waals surface area contributed by atoms with Gasteiger partial charge in [0.1, 0.15) is 0 Å². The van der Waals surface area contributed by atoms with Crippen LogP contribution in [0, 0.1) is 0 Å². The highest BCUT2D eigenvalue weighted by Crippen LogP contribution is 2.36. The Bertz CT molecular complexity index is 380. The van der Waals surface area contributed by atoms with Crippen LogP contribution in [0.4, 0.5) is 0 Å². The van der Waals surface area contributed by atoms with Crippen molar-refractivity contribution < 1.29 is 14.6 Å². The Morgan fingerprint density at radius 3 is 2.62 bits per heavy atom. The predicted octanol–water partition coefficient (Wildman–Crippen LogP) is 2.47. The number of carboxylic acids is 1. The third-order valence-corrected chi connectivity index (χ3v) is 3.30. The van der Waals surface area contributed by atoms with Crippen LogP contribution in [-0.2, 0) is 14.9 Å². The van der Waals surface area contributed by atoms with Gasteiger partial charge in [0.15, 0.2) is 0 Å². The number of halogens is 1. The van der Waals surface area contributed by atoms with Crippen LogP contribution in [0.5, 0.6) is 0 Å². The highest BCUT2D eigenvalue weighted by Gasteiger charge is 2.38. The molecule has 0 aliphatic carbocycles. The van der Waals surface area contributed by atoms with Crippen molar-refractivity contribution in [1.29, 1.82) is 0 Å². The lowest BCUT2D eigenvalue weighted by Gasteiger charge is -2.25. The number of hydrogen-bond donors (Lipinski definition) is 1. The maximum Gasteiger partial charge on any atom is 0.304 e. The molecular weight excluding hydrogens is 228 g/mol. The summed E-state index contributed by atoms with van der Waals surface area (Å²) in [7, 11) is 0. The minimum Gasteiger partial charge on any atom is -0.481 e. The molecule has 86 valence electrons. The van der Waals surface area contributed by atoms with Gasteiger partial charge in [0, 0.05) is 17.0 Å². The average Bonchev–Trinajstić information content (AvgIpc) is 2.67. The van der Waals surface area contributed by atoms with E-state index < -0.39 is 5.97 Å². The van der Waals surface area contributed by atoms with Gasteiger partial charge in [-0.3, -0.25) is 4.79 Å². The van der Waals surface area contributed by atoms with Crippen LogP contribution in [-0.4, -0.2) is 24.3 Å². The fourth-order valence-corrected chi connectivity index (χ4v) is 2.30. The fraction of sp³-hybridized carbons (Fsp3) is 0.417. The molecule has 1 aliphatic heterocycles. The Kier molecular flexibility index (Phi) is 3.17. The second-order valence-electron chi connectivity index (χ2n) is 4.16. The first-order valence-corrected chi connectivity index (χ1v) is 5.56. The molecule has 0 bridgehead atoms. The van der Waals surface area contributed by atoms with Gasteiger partial charge in [-0.25, -0.2) is 0 Å². The smallest absolute Gasteiger partial charge is 0.304 e. The molecule has 1 aliphatic rings. The van der Waals surface area contributed by atoms with E-state index >= 15 is 0 Å². The topological polar surface area (TPSA) is 46.5 Å². The molecule has 16 heavy (non-hydrogen) atoms. The quantitative estimate of drug-likeness (QED) is 0.883. The van der Waals surface area contributed by atoms with Crippen LogP contribution >= 0.6 is 11.6 Å². The zero-order valence-electron chi connectivity index (χ0n) is 8.78. The van der Waals surface area contributed by atoms with E-state index in [9.17, 15) is 4.79 Å². The van der Waals surface area contributed by atoms with E-state index in [0.29, 0.717) is 18.2 Å². The molecule has 1 unspecified atom stereocenters. The summed E-state index contributed by atoms with van der Waals surface area (Å²) in [6.07, 6.45) is 0.857. The maximum absolute atomic E-state index is 10.9. The van der Waals surface area contributed by atoms with Gasteiger partial charge in [0.05, 0.1) is 13.0 Å². The lowest BCUT2D eigenvalue weighted by atomic mass is 9.77. The van der Waals surface area contributed by atoms with Crippen molar-refractivity contribution in [3.63, 3.8) is 0 Å². The summed E-state index contributed by atoms with van der Waals surface area (Å²) in [4.78, 5) is 10.9. The Balaban J connectivity index is 2.31. The van der Waals surface area contributed by atoms with Crippen molar-refractivity contribution in [3.8, 4) is 0 Å². The lowest BCUT2D eigenvalue weighted by molar-refractivity contribution is -0.138. The lowest BCUT2D eigenvalue weighted by Crippen LogP contribution is -2.29. The van der Waals surface area contributed by atoms with Crippen molar-refractivity contribution in [3.05, 3.63) is 34.9 Å². The fourth-order valence-electron chi connectivity index (χ4n) is 2.17. The highest BCUT2D eigenvalue weighted by atomic mass is 35.5. The van der Waals surface area contributed by atoms with Crippen LogP contribution in [0.15, 0.2) is 24.3 Å². The predicted molar refractivity (Wildman–Crippen MR) is 60.8 cm³/mol. The minimum atomic E-state index is -0.791. The monoisotopic (exact) mass is 240 g/mol. The molecule has 1 aromatic rings. The molecular formula is C12H13ClO3. The number of carbonyl (C=O) groups is 1. The Labute approximate surface area is 99.0 Å². The number of rotatable bonds is 3. The van der Waals surface area contributed by atoms with Gasteiger partial charge < -0.3 is 9.84 Å². The normalized spacial score (nSPS) is 24.6. The van der Waals surface area contributed by atoms with Crippen molar-refractivity contribution >= 4 is 17.6 Å². The Morgan fingerprint density at radius 2 is 2.12 bits per heavy atom.